The highest BCUT2D eigenvalue weighted by atomic mass is 32.2. The Labute approximate surface area is 140 Å². The van der Waals surface area contributed by atoms with Crippen molar-refractivity contribution in [1.29, 1.82) is 0 Å². The van der Waals surface area contributed by atoms with Gasteiger partial charge in [0, 0.05) is 19.2 Å². The number of aryl methyl sites for hydroxylation is 1. The summed E-state index contributed by atoms with van der Waals surface area (Å²) in [5.41, 5.74) is 8.77. The highest BCUT2D eigenvalue weighted by molar-refractivity contribution is 7.98. The molecule has 0 atom stereocenters. The van der Waals surface area contributed by atoms with E-state index >= 15 is 0 Å². The summed E-state index contributed by atoms with van der Waals surface area (Å²) >= 11 is 1.53. The number of hydrogen-bond donors (Lipinski definition) is 2. The molecule has 6 nitrogen and oxygen atoms in total. The second-order valence-electron chi connectivity index (χ2n) is 5.36. The zero-order valence-corrected chi connectivity index (χ0v) is 14.2. The van der Waals surface area contributed by atoms with Crippen LogP contribution in [0.25, 0.3) is 0 Å². The summed E-state index contributed by atoms with van der Waals surface area (Å²) in [5, 5.41) is 4.09. The summed E-state index contributed by atoms with van der Waals surface area (Å²) < 4.78 is 5.41. The van der Waals surface area contributed by atoms with Crippen molar-refractivity contribution in [3.63, 3.8) is 0 Å². The Bertz CT molecular complexity index is 668. The number of aromatic nitrogens is 2. The molecule has 0 amide bonds. The fraction of sp³-hybridized carbons (Fsp3) is 0.375. The Morgan fingerprint density at radius 1 is 1.26 bits per heavy atom. The molecule has 0 aliphatic carbocycles. The first-order chi connectivity index (χ1) is 11.2. The van der Waals surface area contributed by atoms with Gasteiger partial charge in [-0.05, 0) is 24.8 Å². The number of nitrogens with zero attached hydrogens (tertiary/aromatic N) is 3. The summed E-state index contributed by atoms with van der Waals surface area (Å²) in [7, 11) is 0. The van der Waals surface area contributed by atoms with E-state index in [1.165, 1.54) is 11.8 Å². The average Bonchev–Trinajstić information content (AvgIpc) is 2.59. The monoisotopic (exact) mass is 331 g/mol. The number of nitrogen functional groups attached to an aromatic ring is 1. The molecule has 3 rings (SSSR count). The van der Waals surface area contributed by atoms with Gasteiger partial charge in [0.25, 0.3) is 0 Å². The second kappa shape index (κ2) is 7.06. The van der Waals surface area contributed by atoms with Gasteiger partial charge in [0.15, 0.2) is 5.16 Å². The molecule has 23 heavy (non-hydrogen) atoms. The van der Waals surface area contributed by atoms with Crippen LogP contribution in [0.15, 0.2) is 29.4 Å². The molecule has 2 heterocycles. The van der Waals surface area contributed by atoms with Crippen LogP contribution in [0, 0.1) is 6.92 Å². The lowest BCUT2D eigenvalue weighted by Crippen LogP contribution is -2.36. The Morgan fingerprint density at radius 2 is 2.04 bits per heavy atom. The van der Waals surface area contributed by atoms with Gasteiger partial charge in [-0.3, -0.25) is 0 Å². The quantitative estimate of drug-likeness (QED) is 0.507. The average molecular weight is 331 g/mol. The van der Waals surface area contributed by atoms with Crippen LogP contribution in [0.1, 0.15) is 5.56 Å². The van der Waals surface area contributed by atoms with Crippen molar-refractivity contribution in [3.05, 3.63) is 29.8 Å². The van der Waals surface area contributed by atoms with Gasteiger partial charge in [0.2, 0.25) is 0 Å². The molecule has 1 aliphatic rings. The van der Waals surface area contributed by atoms with Crippen LogP contribution in [0.5, 0.6) is 0 Å². The number of hydrogen-bond acceptors (Lipinski definition) is 7. The van der Waals surface area contributed by atoms with E-state index in [2.05, 4.69) is 20.2 Å². The minimum Gasteiger partial charge on any atom is -0.397 e. The molecular formula is C16H21N5OS. The number of anilines is 4. The number of ether oxygens (including phenoxy) is 1. The maximum atomic E-state index is 6.08. The molecule has 1 aliphatic heterocycles. The molecule has 0 unspecified atom stereocenters. The Kier molecular flexibility index (Phi) is 4.88. The molecule has 1 saturated heterocycles. The topological polar surface area (TPSA) is 76.3 Å². The third kappa shape index (κ3) is 3.68. The molecular weight excluding hydrogens is 310 g/mol. The van der Waals surface area contributed by atoms with Crippen molar-refractivity contribution in [1.82, 2.24) is 9.97 Å². The van der Waals surface area contributed by atoms with E-state index in [9.17, 15) is 0 Å². The Hall–Kier alpha value is -1.99. The van der Waals surface area contributed by atoms with E-state index in [1.807, 2.05) is 37.4 Å². The number of nitrogens with one attached hydrogen (secondary N) is 1. The summed E-state index contributed by atoms with van der Waals surface area (Å²) in [6, 6.07) is 7.83. The minimum atomic E-state index is 0.710. The standard InChI is InChI=1S/C16H21N5OS/c1-11-4-3-5-12(17)15(11)18-13-10-14(20-16(19-13)23-2)21-6-8-22-9-7-21/h3-5,10H,6-9,17H2,1-2H3,(H,18,19,20). The smallest absolute Gasteiger partial charge is 0.191 e. The fourth-order valence-electron chi connectivity index (χ4n) is 2.51. The van der Waals surface area contributed by atoms with Crippen molar-refractivity contribution in [2.45, 2.75) is 12.1 Å². The van der Waals surface area contributed by atoms with Gasteiger partial charge in [-0.2, -0.15) is 0 Å². The predicted octanol–water partition coefficient (Wildman–Crippen LogP) is 2.67. The number of para-hydroxylation sites is 1. The van der Waals surface area contributed by atoms with E-state index in [-0.39, 0.29) is 0 Å². The maximum Gasteiger partial charge on any atom is 0.191 e. The lowest BCUT2D eigenvalue weighted by atomic mass is 10.1. The van der Waals surface area contributed by atoms with Gasteiger partial charge in [0.05, 0.1) is 24.6 Å². The van der Waals surface area contributed by atoms with Crippen LogP contribution in [0.4, 0.5) is 23.0 Å². The number of thioether (sulfide) groups is 1. The summed E-state index contributed by atoms with van der Waals surface area (Å²) in [6.07, 6.45) is 1.98. The van der Waals surface area contributed by atoms with Crippen molar-refractivity contribution in [2.24, 2.45) is 0 Å². The van der Waals surface area contributed by atoms with Gasteiger partial charge in [-0.15, -0.1) is 0 Å². The molecule has 1 aromatic carbocycles. The molecule has 0 bridgehead atoms. The molecule has 0 saturated carbocycles. The second-order valence-corrected chi connectivity index (χ2v) is 6.14. The zero-order valence-electron chi connectivity index (χ0n) is 13.4. The Morgan fingerprint density at radius 3 is 2.74 bits per heavy atom. The number of benzene rings is 1. The van der Waals surface area contributed by atoms with Crippen LogP contribution in [-0.2, 0) is 4.74 Å². The van der Waals surface area contributed by atoms with Crippen LogP contribution in [0.3, 0.4) is 0 Å². The third-order valence-electron chi connectivity index (χ3n) is 3.77. The summed E-state index contributed by atoms with van der Waals surface area (Å²) in [4.78, 5) is 11.4. The fourth-order valence-corrected chi connectivity index (χ4v) is 2.89. The van der Waals surface area contributed by atoms with Crippen molar-refractivity contribution in [3.8, 4) is 0 Å². The molecule has 1 fully saturated rings. The van der Waals surface area contributed by atoms with Crippen molar-refractivity contribution in [2.75, 3.05) is 48.5 Å². The predicted molar refractivity (Wildman–Crippen MR) is 95.7 cm³/mol. The molecule has 2 aromatic rings. The van der Waals surface area contributed by atoms with Crippen LogP contribution >= 0.6 is 11.8 Å². The van der Waals surface area contributed by atoms with E-state index in [1.54, 1.807) is 0 Å². The van der Waals surface area contributed by atoms with E-state index in [4.69, 9.17) is 10.5 Å². The molecule has 0 spiro atoms. The van der Waals surface area contributed by atoms with Gasteiger partial charge in [-0.1, -0.05) is 23.9 Å². The molecule has 3 N–H and O–H groups in total. The minimum absolute atomic E-state index is 0.710. The lowest BCUT2D eigenvalue weighted by Gasteiger charge is -2.28. The molecule has 1 aromatic heterocycles. The van der Waals surface area contributed by atoms with Gasteiger partial charge in [-0.25, -0.2) is 9.97 Å². The number of morpholine rings is 1. The summed E-state index contributed by atoms with van der Waals surface area (Å²) in [5.74, 6) is 1.68. The highest BCUT2D eigenvalue weighted by Crippen LogP contribution is 2.28. The SMILES string of the molecule is CSc1nc(Nc2c(C)cccc2N)cc(N2CCOCC2)n1. The normalized spacial score (nSPS) is 14.8. The molecule has 7 heteroatoms. The van der Waals surface area contributed by atoms with Gasteiger partial charge in [0.1, 0.15) is 11.6 Å². The van der Waals surface area contributed by atoms with Crippen LogP contribution in [0.2, 0.25) is 0 Å². The summed E-state index contributed by atoms with van der Waals surface area (Å²) in [6.45, 7) is 5.17. The van der Waals surface area contributed by atoms with E-state index in [0.29, 0.717) is 5.69 Å². The number of rotatable bonds is 4. The largest absolute Gasteiger partial charge is 0.397 e. The van der Waals surface area contributed by atoms with Crippen molar-refractivity contribution >= 4 is 34.8 Å². The first kappa shape index (κ1) is 15.9. The molecule has 122 valence electrons. The lowest BCUT2D eigenvalue weighted by molar-refractivity contribution is 0.122. The first-order valence-corrected chi connectivity index (χ1v) is 8.77. The van der Waals surface area contributed by atoms with Gasteiger partial charge >= 0.3 is 0 Å². The Balaban J connectivity index is 1.92. The molecule has 0 radical (unpaired) electrons. The first-order valence-electron chi connectivity index (χ1n) is 7.55. The van der Waals surface area contributed by atoms with Crippen LogP contribution < -0.4 is 16.0 Å². The van der Waals surface area contributed by atoms with E-state index in [0.717, 1.165) is 54.3 Å². The van der Waals surface area contributed by atoms with Gasteiger partial charge < -0.3 is 20.7 Å². The number of nitrogens with two attached hydrogens (primary N) is 1. The maximum absolute atomic E-state index is 6.08. The van der Waals surface area contributed by atoms with E-state index < -0.39 is 0 Å². The van der Waals surface area contributed by atoms with Crippen molar-refractivity contribution < 1.29 is 4.74 Å². The third-order valence-corrected chi connectivity index (χ3v) is 4.32. The zero-order chi connectivity index (χ0) is 16.2. The highest BCUT2D eigenvalue weighted by Gasteiger charge is 2.15. The van der Waals surface area contributed by atoms with Crippen LogP contribution in [-0.4, -0.2) is 42.5 Å².